The van der Waals surface area contributed by atoms with Gasteiger partial charge in [0.25, 0.3) is 5.91 Å². The van der Waals surface area contributed by atoms with Crippen LogP contribution in [0.4, 0.5) is 5.69 Å². The van der Waals surface area contributed by atoms with Crippen LogP contribution in [0, 0.1) is 12.8 Å². The molecule has 0 aliphatic heterocycles. The molecule has 136 valence electrons. The number of esters is 1. The summed E-state index contributed by atoms with van der Waals surface area (Å²) >= 11 is 0. The smallest absolute Gasteiger partial charge is 0.309 e. The van der Waals surface area contributed by atoms with Gasteiger partial charge in [0.1, 0.15) is 0 Å². The summed E-state index contributed by atoms with van der Waals surface area (Å²) in [6.45, 7) is 3.93. The molecule has 25 heavy (non-hydrogen) atoms. The normalized spacial score (nSPS) is 13.7. The highest BCUT2D eigenvalue weighted by molar-refractivity contribution is 5.95. The molecule has 1 aliphatic rings. The van der Waals surface area contributed by atoms with Crippen molar-refractivity contribution in [3.05, 3.63) is 29.8 Å². The summed E-state index contributed by atoms with van der Waals surface area (Å²) in [5, 5.41) is 2.81. The minimum atomic E-state index is -0.338. The summed E-state index contributed by atoms with van der Waals surface area (Å²) in [5.74, 6) is -0.965. The molecule has 0 radical (unpaired) electrons. The topological polar surface area (TPSA) is 75.7 Å². The molecule has 2 rings (SSSR count). The fourth-order valence-corrected chi connectivity index (χ4v) is 2.62. The maximum Gasteiger partial charge on any atom is 0.309 e. The Balaban J connectivity index is 1.85. The van der Waals surface area contributed by atoms with Gasteiger partial charge in [-0.05, 0) is 37.8 Å². The first-order valence-corrected chi connectivity index (χ1v) is 8.81. The van der Waals surface area contributed by atoms with Crippen molar-refractivity contribution in [2.75, 3.05) is 25.0 Å². The Hall–Kier alpha value is -2.37. The molecule has 0 atom stereocenters. The highest BCUT2D eigenvalue weighted by Gasteiger charge is 2.28. The van der Waals surface area contributed by atoms with Crippen molar-refractivity contribution in [2.45, 2.75) is 39.5 Å². The number of ether oxygens (including phenoxy) is 1. The van der Waals surface area contributed by atoms with Crippen molar-refractivity contribution in [1.82, 2.24) is 4.90 Å². The lowest BCUT2D eigenvalue weighted by Crippen LogP contribution is -2.41. The van der Waals surface area contributed by atoms with Crippen LogP contribution in [0.2, 0.25) is 0 Å². The number of aryl methyl sites for hydroxylation is 1. The lowest BCUT2D eigenvalue weighted by Gasteiger charge is -2.25. The van der Waals surface area contributed by atoms with E-state index in [9.17, 15) is 14.4 Å². The Morgan fingerprint density at radius 1 is 1.24 bits per heavy atom. The molecule has 1 aromatic carbocycles. The maximum absolute atomic E-state index is 12.3. The van der Waals surface area contributed by atoms with Gasteiger partial charge >= 0.3 is 5.97 Å². The molecule has 0 saturated heterocycles. The monoisotopic (exact) mass is 346 g/mol. The van der Waals surface area contributed by atoms with Gasteiger partial charge < -0.3 is 15.0 Å². The van der Waals surface area contributed by atoms with Crippen molar-refractivity contribution in [3.63, 3.8) is 0 Å². The van der Waals surface area contributed by atoms with E-state index in [4.69, 9.17) is 4.74 Å². The zero-order valence-electron chi connectivity index (χ0n) is 14.9. The Kier molecular flexibility index (Phi) is 6.98. The molecular formula is C19H26N2O4. The molecule has 0 aromatic heterocycles. The number of nitrogens with zero attached hydrogens (tertiary/aromatic N) is 1. The minimum absolute atomic E-state index is 0.0536. The van der Waals surface area contributed by atoms with Gasteiger partial charge in [0.05, 0.1) is 12.5 Å². The lowest BCUT2D eigenvalue weighted by atomic mass is 9.86. The van der Waals surface area contributed by atoms with Gasteiger partial charge in [0, 0.05) is 12.2 Å². The molecule has 0 bridgehead atoms. The number of para-hydroxylation sites is 1. The van der Waals surface area contributed by atoms with Gasteiger partial charge in [0.15, 0.2) is 6.61 Å². The van der Waals surface area contributed by atoms with E-state index in [0.717, 1.165) is 36.9 Å². The van der Waals surface area contributed by atoms with Crippen LogP contribution in [0.3, 0.4) is 0 Å². The van der Waals surface area contributed by atoms with Crippen LogP contribution in [0.5, 0.6) is 0 Å². The number of benzene rings is 1. The zero-order chi connectivity index (χ0) is 18.2. The number of carbonyl (C=O) groups is 3. The van der Waals surface area contributed by atoms with Crippen LogP contribution in [-0.2, 0) is 19.1 Å². The number of nitrogens with one attached hydrogen (secondary N) is 1. The standard InChI is InChI=1S/C19H26N2O4/c1-3-11-21(18(23)13-25-19(24)15-8-6-9-15)12-17(22)20-16-10-5-4-7-14(16)2/h4-5,7,10,15H,3,6,8-9,11-13H2,1-2H3,(H,20,22). The van der Waals surface area contributed by atoms with Crippen molar-refractivity contribution in [2.24, 2.45) is 5.92 Å². The number of carbonyl (C=O) groups excluding carboxylic acids is 3. The average Bonchev–Trinajstić information content (AvgIpc) is 2.52. The van der Waals surface area contributed by atoms with E-state index < -0.39 is 0 Å². The number of amides is 2. The lowest BCUT2D eigenvalue weighted by molar-refractivity contribution is -0.157. The molecule has 1 fully saturated rings. The van der Waals surface area contributed by atoms with Gasteiger partial charge in [-0.1, -0.05) is 31.5 Å². The Morgan fingerprint density at radius 3 is 2.56 bits per heavy atom. The summed E-state index contributed by atoms with van der Waals surface area (Å²) in [7, 11) is 0. The van der Waals surface area contributed by atoms with Crippen LogP contribution in [0.1, 0.15) is 38.2 Å². The fraction of sp³-hybridized carbons (Fsp3) is 0.526. The van der Waals surface area contributed by atoms with E-state index in [1.165, 1.54) is 4.90 Å². The first kappa shape index (κ1) is 19.0. The van der Waals surface area contributed by atoms with Crippen LogP contribution >= 0.6 is 0 Å². The minimum Gasteiger partial charge on any atom is -0.455 e. The van der Waals surface area contributed by atoms with Crippen molar-refractivity contribution in [3.8, 4) is 0 Å². The van der Waals surface area contributed by atoms with E-state index in [-0.39, 0.29) is 36.9 Å². The molecule has 1 aromatic rings. The quantitative estimate of drug-likeness (QED) is 0.734. The number of anilines is 1. The number of hydrogen-bond donors (Lipinski definition) is 1. The van der Waals surface area contributed by atoms with E-state index >= 15 is 0 Å². The second kappa shape index (κ2) is 9.20. The van der Waals surface area contributed by atoms with Crippen molar-refractivity contribution in [1.29, 1.82) is 0 Å². The second-order valence-corrected chi connectivity index (χ2v) is 6.41. The SMILES string of the molecule is CCCN(CC(=O)Nc1ccccc1C)C(=O)COC(=O)C1CCC1. The summed E-state index contributed by atoms with van der Waals surface area (Å²) in [5.41, 5.74) is 1.69. The second-order valence-electron chi connectivity index (χ2n) is 6.41. The van der Waals surface area contributed by atoms with Gasteiger partial charge in [-0.15, -0.1) is 0 Å². The number of rotatable bonds is 8. The molecule has 1 N–H and O–H groups in total. The van der Waals surface area contributed by atoms with E-state index in [2.05, 4.69) is 5.32 Å². The first-order valence-electron chi connectivity index (χ1n) is 8.81. The van der Waals surface area contributed by atoms with Gasteiger partial charge in [-0.25, -0.2) is 0 Å². The molecule has 1 aliphatic carbocycles. The molecule has 0 unspecified atom stereocenters. The van der Waals surface area contributed by atoms with Gasteiger partial charge in [-0.2, -0.15) is 0 Å². The molecular weight excluding hydrogens is 320 g/mol. The predicted octanol–water partition coefficient (Wildman–Crippen LogP) is 2.52. The highest BCUT2D eigenvalue weighted by Crippen LogP contribution is 2.27. The van der Waals surface area contributed by atoms with Gasteiger partial charge in [-0.3, -0.25) is 14.4 Å². The third-order valence-electron chi connectivity index (χ3n) is 4.38. The van der Waals surface area contributed by atoms with Crippen molar-refractivity contribution >= 4 is 23.5 Å². The summed E-state index contributed by atoms with van der Waals surface area (Å²) in [6.07, 6.45) is 3.43. The summed E-state index contributed by atoms with van der Waals surface area (Å²) < 4.78 is 5.09. The molecule has 2 amide bonds. The predicted molar refractivity (Wildman–Crippen MR) is 95.0 cm³/mol. The van der Waals surface area contributed by atoms with Crippen LogP contribution in [0.25, 0.3) is 0 Å². The fourth-order valence-electron chi connectivity index (χ4n) is 2.62. The van der Waals surface area contributed by atoms with Gasteiger partial charge in [0.2, 0.25) is 5.91 Å². The average molecular weight is 346 g/mol. The molecule has 1 saturated carbocycles. The Morgan fingerprint density at radius 2 is 1.96 bits per heavy atom. The van der Waals surface area contributed by atoms with Crippen LogP contribution in [-0.4, -0.2) is 42.4 Å². The first-order chi connectivity index (χ1) is 12.0. The third kappa shape index (κ3) is 5.59. The van der Waals surface area contributed by atoms with E-state index in [1.807, 2.05) is 38.1 Å². The third-order valence-corrected chi connectivity index (χ3v) is 4.38. The van der Waals surface area contributed by atoms with Crippen LogP contribution < -0.4 is 5.32 Å². The molecule has 6 heteroatoms. The number of hydrogen-bond acceptors (Lipinski definition) is 4. The maximum atomic E-state index is 12.3. The Bertz CT molecular complexity index is 626. The largest absolute Gasteiger partial charge is 0.455 e. The molecule has 6 nitrogen and oxygen atoms in total. The van der Waals surface area contributed by atoms with Crippen molar-refractivity contribution < 1.29 is 19.1 Å². The molecule has 0 spiro atoms. The summed E-state index contributed by atoms with van der Waals surface area (Å²) in [4.78, 5) is 37.7. The molecule has 0 heterocycles. The highest BCUT2D eigenvalue weighted by atomic mass is 16.5. The summed E-state index contributed by atoms with van der Waals surface area (Å²) in [6, 6.07) is 7.47. The zero-order valence-corrected chi connectivity index (χ0v) is 14.9. The van der Waals surface area contributed by atoms with E-state index in [0.29, 0.717) is 6.54 Å². The van der Waals surface area contributed by atoms with Crippen LogP contribution in [0.15, 0.2) is 24.3 Å². The Labute approximate surface area is 148 Å². The van der Waals surface area contributed by atoms with E-state index in [1.54, 1.807) is 0 Å².